The van der Waals surface area contributed by atoms with E-state index in [1.807, 2.05) is 18.2 Å². The molecule has 5 nitrogen and oxygen atoms in total. The highest BCUT2D eigenvalue weighted by atomic mass is 35.5. The van der Waals surface area contributed by atoms with Crippen LogP contribution in [0.5, 0.6) is 5.75 Å². The summed E-state index contributed by atoms with van der Waals surface area (Å²) in [6.07, 6.45) is 0. The molecule has 0 amide bonds. The third kappa shape index (κ3) is 3.25. The van der Waals surface area contributed by atoms with Gasteiger partial charge in [0.05, 0.1) is 5.02 Å². The third-order valence-corrected chi connectivity index (χ3v) is 3.80. The van der Waals surface area contributed by atoms with Crippen LogP contribution in [-0.2, 0) is 4.79 Å². The SMILES string of the molecule is C[C@H](N=[P+]([O-])Oc1c(Cl)ccc2ccccc12)C(=O)O. The first-order valence-electron chi connectivity index (χ1n) is 5.75. The van der Waals surface area contributed by atoms with Crippen LogP contribution in [0.3, 0.4) is 0 Å². The minimum atomic E-state index is -2.51. The Labute approximate surface area is 121 Å². The van der Waals surface area contributed by atoms with Crippen molar-refractivity contribution in [3.8, 4) is 5.75 Å². The fourth-order valence-electron chi connectivity index (χ4n) is 1.60. The standard InChI is InChI=1S/C13H11ClNO4P/c1-8(13(16)17)15-20(18)19-12-10-5-3-2-4-9(10)6-7-11(12)14/h2-8H,1H3,(H,16,17)/t8-/m0/s1. The minimum absolute atomic E-state index is 0.243. The van der Waals surface area contributed by atoms with Gasteiger partial charge in [-0.1, -0.05) is 46.7 Å². The maximum absolute atomic E-state index is 11.8. The predicted molar refractivity (Wildman–Crippen MR) is 76.0 cm³/mol. The molecular formula is C13H11ClNO4P. The van der Waals surface area contributed by atoms with Crippen molar-refractivity contribution in [3.63, 3.8) is 0 Å². The Morgan fingerprint density at radius 3 is 2.80 bits per heavy atom. The Morgan fingerprint density at radius 2 is 2.10 bits per heavy atom. The fourth-order valence-corrected chi connectivity index (χ4v) is 2.64. The van der Waals surface area contributed by atoms with Gasteiger partial charge in [-0.05, 0) is 18.4 Å². The summed E-state index contributed by atoms with van der Waals surface area (Å²) in [7, 11) is -2.51. The van der Waals surface area contributed by atoms with Gasteiger partial charge in [0.25, 0.3) is 0 Å². The predicted octanol–water partition coefficient (Wildman–Crippen LogP) is 3.20. The molecule has 104 valence electrons. The molecule has 0 aliphatic heterocycles. The van der Waals surface area contributed by atoms with Gasteiger partial charge in [0.1, 0.15) is 0 Å². The summed E-state index contributed by atoms with van der Waals surface area (Å²) in [5.74, 6) is -0.923. The third-order valence-electron chi connectivity index (χ3n) is 2.63. The highest BCUT2D eigenvalue weighted by Crippen LogP contribution is 2.37. The van der Waals surface area contributed by atoms with Gasteiger partial charge in [0.15, 0.2) is 6.04 Å². The molecule has 0 bridgehead atoms. The zero-order chi connectivity index (χ0) is 14.7. The van der Waals surface area contributed by atoms with Crippen molar-refractivity contribution in [2.45, 2.75) is 13.0 Å². The number of hydrogen-bond donors (Lipinski definition) is 1. The molecule has 0 aliphatic carbocycles. The van der Waals surface area contributed by atoms with Gasteiger partial charge in [0, 0.05) is 5.39 Å². The van der Waals surface area contributed by atoms with Crippen molar-refractivity contribution in [2.75, 3.05) is 0 Å². The number of halogens is 1. The zero-order valence-corrected chi connectivity index (χ0v) is 12.1. The van der Waals surface area contributed by atoms with Gasteiger partial charge in [0.2, 0.25) is 5.75 Å². The quantitative estimate of drug-likeness (QED) is 0.879. The van der Waals surface area contributed by atoms with E-state index in [2.05, 4.69) is 4.74 Å². The number of rotatable bonds is 4. The molecule has 0 saturated heterocycles. The molecule has 2 aromatic rings. The van der Waals surface area contributed by atoms with E-state index in [4.69, 9.17) is 21.2 Å². The number of fused-ring (bicyclic) bond motifs is 1. The van der Waals surface area contributed by atoms with Gasteiger partial charge in [-0.2, -0.15) is 0 Å². The molecule has 0 spiro atoms. The zero-order valence-electron chi connectivity index (χ0n) is 10.5. The average Bonchev–Trinajstić information content (AvgIpc) is 2.42. The Bertz CT molecular complexity index is 689. The normalized spacial score (nSPS) is 13.2. The molecule has 0 saturated carbocycles. The lowest BCUT2D eigenvalue weighted by Gasteiger charge is -2.06. The van der Waals surface area contributed by atoms with Crippen LogP contribution in [0.4, 0.5) is 0 Å². The van der Waals surface area contributed by atoms with E-state index in [9.17, 15) is 9.69 Å². The van der Waals surface area contributed by atoms with Crippen LogP contribution in [0.25, 0.3) is 10.8 Å². The van der Waals surface area contributed by atoms with E-state index < -0.39 is 20.2 Å². The molecule has 0 radical (unpaired) electrons. The van der Waals surface area contributed by atoms with Crippen LogP contribution in [0.15, 0.2) is 41.1 Å². The van der Waals surface area contributed by atoms with Crippen LogP contribution in [0, 0.1) is 0 Å². The van der Waals surface area contributed by atoms with Crippen molar-refractivity contribution >= 4 is 36.5 Å². The number of carboxylic acids is 1. The van der Waals surface area contributed by atoms with Crippen LogP contribution >= 0.6 is 19.8 Å². The lowest BCUT2D eigenvalue weighted by molar-refractivity contribution is -0.169. The largest absolute Gasteiger partial charge is 0.575 e. The molecule has 0 fully saturated rings. The summed E-state index contributed by atoms with van der Waals surface area (Å²) in [5.41, 5.74) is 0. The highest BCUT2D eigenvalue weighted by molar-refractivity contribution is 7.34. The van der Waals surface area contributed by atoms with Crippen LogP contribution < -0.4 is 9.42 Å². The molecule has 2 rings (SSSR count). The van der Waals surface area contributed by atoms with Crippen LogP contribution in [0.1, 0.15) is 6.92 Å². The Morgan fingerprint density at radius 1 is 1.40 bits per heavy atom. The molecule has 20 heavy (non-hydrogen) atoms. The van der Waals surface area contributed by atoms with Crippen molar-refractivity contribution in [1.82, 2.24) is 0 Å². The Balaban J connectivity index is 2.38. The molecule has 0 aromatic heterocycles. The first-order valence-corrected chi connectivity index (χ1v) is 7.26. The van der Waals surface area contributed by atoms with E-state index in [0.717, 1.165) is 5.39 Å². The van der Waals surface area contributed by atoms with Gasteiger partial charge in [-0.15, -0.1) is 0 Å². The number of hydrogen-bond acceptors (Lipinski definition) is 4. The Hall–Kier alpha value is -1.68. The van der Waals surface area contributed by atoms with Crippen molar-refractivity contribution in [2.24, 2.45) is 4.74 Å². The van der Waals surface area contributed by atoms with E-state index in [1.54, 1.807) is 18.2 Å². The summed E-state index contributed by atoms with van der Waals surface area (Å²) >= 11 is 6.03. The van der Waals surface area contributed by atoms with Crippen molar-refractivity contribution < 1.29 is 19.3 Å². The Kier molecular flexibility index (Phi) is 4.55. The highest BCUT2D eigenvalue weighted by Gasteiger charge is 2.18. The molecular weight excluding hydrogens is 301 g/mol. The van der Waals surface area contributed by atoms with E-state index >= 15 is 0 Å². The molecule has 1 unspecified atom stereocenters. The number of nitrogens with zero attached hydrogens (tertiary/aromatic N) is 1. The van der Waals surface area contributed by atoms with E-state index in [-0.39, 0.29) is 5.75 Å². The molecule has 2 aromatic carbocycles. The van der Waals surface area contributed by atoms with Crippen molar-refractivity contribution in [1.29, 1.82) is 0 Å². The topological polar surface area (TPSA) is 82.0 Å². The number of carboxylic acid groups (broad SMARTS) is 1. The van der Waals surface area contributed by atoms with Crippen LogP contribution in [0.2, 0.25) is 5.02 Å². The van der Waals surface area contributed by atoms with Gasteiger partial charge in [-0.25, -0.2) is 4.79 Å². The maximum atomic E-state index is 11.8. The second kappa shape index (κ2) is 6.18. The smallest absolute Gasteiger partial charge is 0.395 e. The number of aliphatic carboxylic acids is 1. The maximum Gasteiger partial charge on any atom is 0.395 e. The molecule has 2 atom stereocenters. The lowest BCUT2D eigenvalue weighted by atomic mass is 10.1. The molecule has 7 heteroatoms. The number of benzene rings is 2. The second-order valence-corrected chi connectivity index (χ2v) is 5.35. The van der Waals surface area contributed by atoms with Crippen LogP contribution in [-0.4, -0.2) is 17.1 Å². The monoisotopic (exact) mass is 311 g/mol. The first-order chi connectivity index (χ1) is 9.49. The summed E-state index contributed by atoms with van der Waals surface area (Å²) in [4.78, 5) is 22.4. The minimum Gasteiger partial charge on any atom is -0.575 e. The molecule has 0 heterocycles. The lowest BCUT2D eigenvalue weighted by Crippen LogP contribution is -2.13. The second-order valence-electron chi connectivity index (χ2n) is 4.06. The van der Waals surface area contributed by atoms with Gasteiger partial charge in [-0.3, -0.25) is 4.52 Å². The summed E-state index contributed by atoms with van der Waals surface area (Å²) < 4.78 is 8.78. The summed E-state index contributed by atoms with van der Waals surface area (Å²) in [6.45, 7) is 1.32. The molecule has 0 aliphatic rings. The first kappa shape index (κ1) is 14.7. The summed E-state index contributed by atoms with van der Waals surface area (Å²) in [5, 5.41) is 10.6. The van der Waals surface area contributed by atoms with E-state index in [1.165, 1.54) is 6.92 Å². The van der Waals surface area contributed by atoms with Gasteiger partial charge < -0.3 is 10.00 Å². The molecule has 1 N–H and O–H groups in total. The van der Waals surface area contributed by atoms with Gasteiger partial charge >= 0.3 is 14.1 Å². The van der Waals surface area contributed by atoms with E-state index in [0.29, 0.717) is 10.4 Å². The summed E-state index contributed by atoms with van der Waals surface area (Å²) in [6, 6.07) is 9.64. The average molecular weight is 312 g/mol. The number of carbonyl (C=O) groups is 1. The van der Waals surface area contributed by atoms with Crippen molar-refractivity contribution in [3.05, 3.63) is 41.4 Å². The fraction of sp³-hybridized carbons (Fsp3) is 0.154.